The van der Waals surface area contributed by atoms with Crippen molar-refractivity contribution < 1.29 is 14.4 Å². The number of hydrogen-bond acceptors (Lipinski definition) is 6. The number of carbonyl (C=O) groups is 1. The van der Waals surface area contributed by atoms with Crippen LogP contribution in [-0.4, -0.2) is 55.6 Å². The highest BCUT2D eigenvalue weighted by molar-refractivity contribution is 7.18. The van der Waals surface area contributed by atoms with Gasteiger partial charge in [-0.05, 0) is 24.1 Å². The van der Waals surface area contributed by atoms with Crippen LogP contribution >= 0.6 is 22.9 Å². The lowest BCUT2D eigenvalue weighted by Crippen LogP contribution is -2.29. The summed E-state index contributed by atoms with van der Waals surface area (Å²) < 4.78 is 5.68. The summed E-state index contributed by atoms with van der Waals surface area (Å²) in [6.07, 6.45) is 1.61. The molecule has 29 heavy (non-hydrogen) atoms. The van der Waals surface area contributed by atoms with Crippen LogP contribution in [0.3, 0.4) is 0 Å². The zero-order valence-electron chi connectivity index (χ0n) is 16.5. The van der Waals surface area contributed by atoms with Gasteiger partial charge in [0.15, 0.2) is 5.78 Å². The summed E-state index contributed by atoms with van der Waals surface area (Å²) in [6, 6.07) is 11.3. The van der Waals surface area contributed by atoms with E-state index < -0.39 is 0 Å². The second-order valence-corrected chi connectivity index (χ2v) is 8.59. The van der Waals surface area contributed by atoms with E-state index in [1.807, 2.05) is 36.2 Å². The van der Waals surface area contributed by atoms with Crippen LogP contribution in [-0.2, 0) is 9.57 Å². The number of thiophene rings is 1. The lowest BCUT2D eigenvalue weighted by atomic mass is 10.00. The Balaban J connectivity index is 1.50. The van der Waals surface area contributed by atoms with Crippen molar-refractivity contribution >= 4 is 40.3 Å². The highest BCUT2D eigenvalue weighted by atomic mass is 35.5. The molecule has 1 aliphatic rings. The quantitative estimate of drug-likeness (QED) is 0.360. The van der Waals surface area contributed by atoms with Crippen LogP contribution in [0.15, 0.2) is 41.6 Å². The lowest BCUT2D eigenvalue weighted by molar-refractivity contribution is 0.0720. The first kappa shape index (κ1) is 21.5. The standard InChI is InChI=1S/C21H24ClN3O3S/c1-25(11-12-27-2)21(23)15-5-3-14(4-6-15)17-13-16(28-24-17)7-8-18(26)19-9-10-20(22)29-19/h3-6,9-10,16,23H,7-8,11-13H2,1-2H3. The number of benzene rings is 1. The number of methoxy groups -OCH3 is 1. The predicted octanol–water partition coefficient (Wildman–Crippen LogP) is 4.46. The lowest BCUT2D eigenvalue weighted by Gasteiger charge is -2.19. The molecule has 0 spiro atoms. The molecule has 1 aromatic heterocycles. The van der Waals surface area contributed by atoms with Crippen molar-refractivity contribution in [2.45, 2.75) is 25.4 Å². The fourth-order valence-corrected chi connectivity index (χ4v) is 4.02. The molecule has 1 N–H and O–H groups in total. The number of carbonyl (C=O) groups excluding carboxylic acids is 1. The third-order valence-corrected chi connectivity index (χ3v) is 6.05. The molecule has 1 aliphatic heterocycles. The van der Waals surface area contributed by atoms with Crippen LogP contribution in [0, 0.1) is 5.41 Å². The predicted molar refractivity (Wildman–Crippen MR) is 117 cm³/mol. The van der Waals surface area contributed by atoms with Crippen LogP contribution in [0.4, 0.5) is 0 Å². The highest BCUT2D eigenvalue weighted by Crippen LogP contribution is 2.25. The molecule has 0 saturated heterocycles. The van der Waals surface area contributed by atoms with Crippen molar-refractivity contribution in [3.05, 3.63) is 56.7 Å². The third kappa shape index (κ3) is 5.65. The Kier molecular flexibility index (Phi) is 7.41. The Morgan fingerprint density at radius 2 is 2.10 bits per heavy atom. The molecule has 6 nitrogen and oxygen atoms in total. The van der Waals surface area contributed by atoms with Crippen LogP contribution < -0.4 is 0 Å². The second-order valence-electron chi connectivity index (χ2n) is 6.88. The Morgan fingerprint density at radius 1 is 1.34 bits per heavy atom. The molecular weight excluding hydrogens is 410 g/mol. The van der Waals surface area contributed by atoms with Crippen molar-refractivity contribution in [3.8, 4) is 0 Å². The molecule has 2 aromatic rings. The summed E-state index contributed by atoms with van der Waals surface area (Å²) in [6.45, 7) is 1.24. The Labute approximate surface area is 179 Å². The maximum absolute atomic E-state index is 12.2. The van der Waals surface area contributed by atoms with Gasteiger partial charge in [0.1, 0.15) is 11.9 Å². The number of halogens is 1. The van der Waals surface area contributed by atoms with Crippen molar-refractivity contribution in [1.82, 2.24) is 4.90 Å². The molecule has 0 bridgehead atoms. The number of Topliss-reactive ketones (excluding diaryl/α,β-unsaturated/α-hetero) is 1. The van der Waals surface area contributed by atoms with Gasteiger partial charge in [0.25, 0.3) is 0 Å². The van der Waals surface area contributed by atoms with E-state index in [9.17, 15) is 4.79 Å². The van der Waals surface area contributed by atoms with Gasteiger partial charge in [0.2, 0.25) is 0 Å². The highest BCUT2D eigenvalue weighted by Gasteiger charge is 2.23. The van der Waals surface area contributed by atoms with Gasteiger partial charge in [-0.3, -0.25) is 10.2 Å². The van der Waals surface area contributed by atoms with Crippen molar-refractivity contribution in [2.24, 2.45) is 5.16 Å². The van der Waals surface area contributed by atoms with E-state index in [-0.39, 0.29) is 11.9 Å². The number of rotatable bonds is 9. The Hall–Kier alpha value is -2.22. The molecular formula is C21H24ClN3O3S. The number of likely N-dealkylation sites (N-methyl/N-ethyl adjacent to an activating group) is 1. The molecule has 0 amide bonds. The van der Waals surface area contributed by atoms with E-state index in [0.29, 0.717) is 47.5 Å². The number of amidine groups is 1. The van der Waals surface area contributed by atoms with E-state index in [1.54, 1.807) is 19.2 Å². The summed E-state index contributed by atoms with van der Waals surface area (Å²) in [7, 11) is 3.53. The molecule has 2 heterocycles. The fourth-order valence-electron chi connectivity index (χ4n) is 3.01. The average molecular weight is 434 g/mol. The van der Waals surface area contributed by atoms with Gasteiger partial charge in [-0.1, -0.05) is 41.0 Å². The summed E-state index contributed by atoms with van der Waals surface area (Å²) in [5.74, 6) is 0.530. The Morgan fingerprint density at radius 3 is 2.76 bits per heavy atom. The number of ether oxygens (including phenoxy) is 1. The van der Waals surface area contributed by atoms with Crippen LogP contribution in [0.25, 0.3) is 0 Å². The SMILES string of the molecule is COCCN(C)C(=N)c1ccc(C2=NOC(CCC(=O)c3ccc(Cl)s3)C2)cc1. The monoisotopic (exact) mass is 433 g/mol. The molecule has 0 radical (unpaired) electrons. The molecule has 0 saturated carbocycles. The zero-order chi connectivity index (χ0) is 20.8. The molecule has 0 aliphatic carbocycles. The van der Waals surface area contributed by atoms with Gasteiger partial charge in [-0.25, -0.2) is 0 Å². The third-order valence-electron chi connectivity index (χ3n) is 4.78. The van der Waals surface area contributed by atoms with Crippen molar-refractivity contribution in [2.75, 3.05) is 27.3 Å². The van der Waals surface area contributed by atoms with Crippen LogP contribution in [0.5, 0.6) is 0 Å². The van der Waals surface area contributed by atoms with Gasteiger partial charge in [0.05, 0.1) is 21.5 Å². The average Bonchev–Trinajstić information content (AvgIpc) is 3.39. The van der Waals surface area contributed by atoms with E-state index in [0.717, 1.165) is 16.8 Å². The smallest absolute Gasteiger partial charge is 0.172 e. The summed E-state index contributed by atoms with van der Waals surface area (Å²) >= 11 is 7.19. The topological polar surface area (TPSA) is 75.0 Å². The Bertz CT molecular complexity index is 895. The van der Waals surface area contributed by atoms with E-state index in [4.69, 9.17) is 26.6 Å². The summed E-state index contributed by atoms with van der Waals surface area (Å²) in [5, 5.41) is 12.5. The van der Waals surface area contributed by atoms with Gasteiger partial charge in [0, 0.05) is 39.1 Å². The van der Waals surface area contributed by atoms with Crippen molar-refractivity contribution in [1.29, 1.82) is 5.41 Å². The number of oxime groups is 1. The van der Waals surface area contributed by atoms with E-state index >= 15 is 0 Å². The van der Waals surface area contributed by atoms with E-state index in [2.05, 4.69) is 5.16 Å². The molecule has 1 unspecified atom stereocenters. The van der Waals surface area contributed by atoms with Gasteiger partial charge in [-0.15, -0.1) is 11.3 Å². The number of nitrogens with zero attached hydrogens (tertiary/aromatic N) is 2. The summed E-state index contributed by atoms with van der Waals surface area (Å²) in [4.78, 5) is 20.3. The van der Waals surface area contributed by atoms with Crippen molar-refractivity contribution in [3.63, 3.8) is 0 Å². The van der Waals surface area contributed by atoms with Crippen LogP contribution in [0.1, 0.15) is 40.1 Å². The molecule has 1 aromatic carbocycles. The number of hydrogen-bond donors (Lipinski definition) is 1. The normalized spacial score (nSPS) is 15.7. The fraction of sp³-hybridized carbons (Fsp3) is 0.381. The molecule has 1 atom stereocenters. The minimum atomic E-state index is -0.0949. The minimum Gasteiger partial charge on any atom is -0.392 e. The first-order chi connectivity index (χ1) is 14.0. The van der Waals surface area contributed by atoms with Gasteiger partial charge >= 0.3 is 0 Å². The molecule has 0 fully saturated rings. The maximum Gasteiger partial charge on any atom is 0.172 e. The largest absolute Gasteiger partial charge is 0.392 e. The minimum absolute atomic E-state index is 0.0828. The van der Waals surface area contributed by atoms with Crippen LogP contribution in [0.2, 0.25) is 4.34 Å². The van der Waals surface area contributed by atoms with Gasteiger partial charge in [-0.2, -0.15) is 0 Å². The summed E-state index contributed by atoms with van der Waals surface area (Å²) in [5.41, 5.74) is 2.68. The molecule has 154 valence electrons. The number of ketones is 1. The second kappa shape index (κ2) is 10.0. The van der Waals surface area contributed by atoms with E-state index in [1.165, 1.54) is 11.3 Å². The zero-order valence-corrected chi connectivity index (χ0v) is 18.1. The number of nitrogens with one attached hydrogen (secondary N) is 1. The molecule has 3 rings (SSSR count). The van der Waals surface area contributed by atoms with Gasteiger partial charge < -0.3 is 14.5 Å². The first-order valence-corrected chi connectivity index (χ1v) is 10.6. The molecule has 8 heteroatoms. The maximum atomic E-state index is 12.2. The first-order valence-electron chi connectivity index (χ1n) is 9.38.